The summed E-state index contributed by atoms with van der Waals surface area (Å²) in [7, 11) is 0. The molecule has 6 unspecified atom stereocenters. The summed E-state index contributed by atoms with van der Waals surface area (Å²) in [5.41, 5.74) is 4.25. The molecular formula is C47H53NO10. The molecule has 1 aromatic heterocycles. The maximum atomic E-state index is 6.08. The molecule has 0 radical (unpaired) electrons. The van der Waals surface area contributed by atoms with Gasteiger partial charge in [-0.1, -0.05) is 54.6 Å². The summed E-state index contributed by atoms with van der Waals surface area (Å²) in [6.07, 6.45) is 0.421. The van der Waals surface area contributed by atoms with Gasteiger partial charge in [0.15, 0.2) is 0 Å². The van der Waals surface area contributed by atoms with E-state index < -0.39 is 0 Å². The number of hydrogen-bond acceptors (Lipinski definition) is 11. The summed E-state index contributed by atoms with van der Waals surface area (Å²) in [6.45, 7) is 12.8. The van der Waals surface area contributed by atoms with Crippen LogP contribution in [0, 0.1) is 0 Å². The minimum absolute atomic E-state index is 0.0155. The first-order valence-corrected chi connectivity index (χ1v) is 20.0. The molecule has 2 fully saturated rings. The predicted octanol–water partition coefficient (Wildman–Crippen LogP) is 9.18. The molecule has 2 aliphatic heterocycles. The van der Waals surface area contributed by atoms with Crippen molar-refractivity contribution in [2.24, 2.45) is 0 Å². The van der Waals surface area contributed by atoms with Crippen molar-refractivity contribution in [1.82, 2.24) is 4.98 Å². The molecule has 0 bridgehead atoms. The zero-order valence-electron chi connectivity index (χ0n) is 33.6. The number of ether oxygens (including phenoxy) is 10. The number of epoxide rings is 2. The van der Waals surface area contributed by atoms with E-state index in [4.69, 9.17) is 47.4 Å². The van der Waals surface area contributed by atoms with Crippen molar-refractivity contribution >= 4 is 0 Å². The van der Waals surface area contributed by atoms with Crippen molar-refractivity contribution in [2.45, 2.75) is 64.3 Å². The monoisotopic (exact) mass is 791 g/mol. The quantitative estimate of drug-likeness (QED) is 0.0558. The van der Waals surface area contributed by atoms with Crippen LogP contribution in [0.2, 0.25) is 0 Å². The average molecular weight is 792 g/mol. The average Bonchev–Trinajstić information content (AvgIpc) is 4.20. The molecule has 0 aliphatic carbocycles. The fourth-order valence-electron chi connectivity index (χ4n) is 5.76. The van der Waals surface area contributed by atoms with Crippen LogP contribution < -0.4 is 18.9 Å². The summed E-state index contributed by atoms with van der Waals surface area (Å²) < 4.78 is 57.6. The molecule has 0 spiro atoms. The first kappa shape index (κ1) is 41.2. The fraction of sp³-hybridized carbons (Fsp3) is 0.383. The Labute approximate surface area is 341 Å². The molecule has 0 saturated carbocycles. The van der Waals surface area contributed by atoms with E-state index >= 15 is 0 Å². The standard InChI is InChI=1S/C47H53NO10/c1-32(51-28-44-30-55-44)24-49-34(3)26-53-40-16-8-36(9-17-40)38-12-20-42(21-13-38)57-46-6-5-7-47(48-46)58-43-22-14-39(15-23-43)37-10-18-41(19-11-37)54-27-35(4)50-25-33(2)52-29-45-31-56-45/h5-23,32-35,44-45H,24-31H2,1-4H3. The van der Waals surface area contributed by atoms with Crippen LogP contribution in [-0.2, 0) is 28.4 Å². The molecule has 58 heavy (non-hydrogen) atoms. The molecule has 11 nitrogen and oxygen atoms in total. The molecule has 2 saturated heterocycles. The highest BCUT2D eigenvalue weighted by Gasteiger charge is 2.24. The largest absolute Gasteiger partial charge is 0.491 e. The molecule has 11 heteroatoms. The van der Waals surface area contributed by atoms with Gasteiger partial charge in [-0.3, -0.25) is 0 Å². The van der Waals surface area contributed by atoms with Gasteiger partial charge in [0.05, 0.1) is 64.1 Å². The lowest BCUT2D eigenvalue weighted by atomic mass is 10.1. The van der Waals surface area contributed by atoms with Crippen LogP contribution in [0.1, 0.15) is 27.7 Å². The van der Waals surface area contributed by atoms with E-state index in [1.54, 1.807) is 12.1 Å². The SMILES string of the molecule is CC(COc1ccc(-c2ccc(Oc3cccc(Oc4ccc(-c5ccc(OCC(C)OCC(C)OCC6CO6)cc5)cc4)n3)cc2)cc1)OCC(C)OCC1CO1. The van der Waals surface area contributed by atoms with Gasteiger partial charge in [-0.2, -0.15) is 4.98 Å². The third-order valence-electron chi connectivity index (χ3n) is 9.37. The van der Waals surface area contributed by atoms with Gasteiger partial charge in [0, 0.05) is 12.1 Å². The first-order valence-electron chi connectivity index (χ1n) is 20.0. The number of benzene rings is 4. The van der Waals surface area contributed by atoms with E-state index in [2.05, 4.69) is 4.98 Å². The van der Waals surface area contributed by atoms with E-state index in [1.807, 2.05) is 131 Å². The van der Waals surface area contributed by atoms with E-state index in [1.165, 1.54) is 0 Å². The highest BCUT2D eigenvalue weighted by atomic mass is 16.6. The van der Waals surface area contributed by atoms with Crippen molar-refractivity contribution < 1.29 is 47.4 Å². The number of aromatic nitrogens is 1. The lowest BCUT2D eigenvalue weighted by Crippen LogP contribution is -2.25. The molecule has 6 atom stereocenters. The zero-order valence-corrected chi connectivity index (χ0v) is 33.6. The molecule has 5 aromatic rings. The van der Waals surface area contributed by atoms with Gasteiger partial charge in [0.1, 0.15) is 48.4 Å². The normalized spacial score (nSPS) is 17.8. The Hall–Kier alpha value is -5.01. The van der Waals surface area contributed by atoms with Crippen LogP contribution in [0.4, 0.5) is 0 Å². The molecule has 306 valence electrons. The lowest BCUT2D eigenvalue weighted by Gasteiger charge is -2.18. The van der Waals surface area contributed by atoms with Crippen LogP contribution in [0.25, 0.3) is 22.3 Å². The Morgan fingerprint density at radius 3 is 1.12 bits per heavy atom. The van der Waals surface area contributed by atoms with Gasteiger partial charge in [0.25, 0.3) is 0 Å². The molecule has 7 rings (SSSR count). The Morgan fingerprint density at radius 2 is 0.776 bits per heavy atom. The molecule has 3 heterocycles. The van der Waals surface area contributed by atoms with Crippen molar-refractivity contribution in [2.75, 3.05) is 52.9 Å². The lowest BCUT2D eigenvalue weighted by molar-refractivity contribution is -0.0451. The van der Waals surface area contributed by atoms with E-state index in [0.29, 0.717) is 62.9 Å². The Bertz CT molecular complexity index is 1830. The predicted molar refractivity (Wildman–Crippen MR) is 220 cm³/mol. The van der Waals surface area contributed by atoms with Crippen molar-refractivity contribution in [3.05, 3.63) is 115 Å². The highest BCUT2D eigenvalue weighted by molar-refractivity contribution is 5.66. The third-order valence-corrected chi connectivity index (χ3v) is 9.37. The van der Waals surface area contributed by atoms with Gasteiger partial charge in [-0.05, 0) is 98.5 Å². The topological polar surface area (TPSA) is 112 Å². The van der Waals surface area contributed by atoms with Crippen molar-refractivity contribution in [3.8, 4) is 57.0 Å². The second kappa shape index (κ2) is 20.6. The maximum Gasteiger partial charge on any atom is 0.222 e. The number of hydrogen-bond donors (Lipinski definition) is 0. The van der Waals surface area contributed by atoms with Gasteiger partial charge >= 0.3 is 0 Å². The van der Waals surface area contributed by atoms with E-state index in [0.717, 1.165) is 47.0 Å². The number of pyridine rings is 1. The zero-order chi connectivity index (χ0) is 40.1. The summed E-state index contributed by atoms with van der Waals surface area (Å²) in [5.74, 6) is 3.78. The summed E-state index contributed by atoms with van der Waals surface area (Å²) in [6, 6.07) is 37.3. The Kier molecular flexibility index (Phi) is 14.6. The van der Waals surface area contributed by atoms with E-state index in [-0.39, 0.29) is 36.6 Å². The van der Waals surface area contributed by atoms with Crippen molar-refractivity contribution in [3.63, 3.8) is 0 Å². The molecule has 4 aromatic carbocycles. The second-order valence-electron chi connectivity index (χ2n) is 14.7. The van der Waals surface area contributed by atoms with Gasteiger partial charge < -0.3 is 47.4 Å². The van der Waals surface area contributed by atoms with Crippen LogP contribution >= 0.6 is 0 Å². The van der Waals surface area contributed by atoms with Crippen LogP contribution in [0.3, 0.4) is 0 Å². The van der Waals surface area contributed by atoms with Crippen LogP contribution in [0.15, 0.2) is 115 Å². The number of nitrogens with zero attached hydrogens (tertiary/aromatic N) is 1. The summed E-state index contributed by atoms with van der Waals surface area (Å²) >= 11 is 0. The second-order valence-corrected chi connectivity index (χ2v) is 14.7. The van der Waals surface area contributed by atoms with Gasteiger partial charge in [0.2, 0.25) is 11.8 Å². The van der Waals surface area contributed by atoms with E-state index in [9.17, 15) is 0 Å². The minimum atomic E-state index is -0.0596. The molecule has 0 amide bonds. The highest BCUT2D eigenvalue weighted by Crippen LogP contribution is 2.30. The molecule has 2 aliphatic rings. The van der Waals surface area contributed by atoms with Crippen LogP contribution in [0.5, 0.6) is 34.8 Å². The Morgan fingerprint density at radius 1 is 0.448 bits per heavy atom. The number of rotatable bonds is 24. The minimum Gasteiger partial charge on any atom is -0.491 e. The van der Waals surface area contributed by atoms with Gasteiger partial charge in [-0.15, -0.1) is 0 Å². The summed E-state index contributed by atoms with van der Waals surface area (Å²) in [5, 5.41) is 0. The van der Waals surface area contributed by atoms with Gasteiger partial charge in [-0.25, -0.2) is 0 Å². The fourth-order valence-corrected chi connectivity index (χ4v) is 5.76. The Balaban J connectivity index is 0.825. The molecular weight excluding hydrogens is 739 g/mol. The van der Waals surface area contributed by atoms with Crippen LogP contribution in [-0.4, -0.2) is 94.5 Å². The molecule has 0 N–H and O–H groups in total. The van der Waals surface area contributed by atoms with Crippen molar-refractivity contribution in [1.29, 1.82) is 0 Å². The third kappa shape index (κ3) is 13.5. The smallest absolute Gasteiger partial charge is 0.222 e. The first-order chi connectivity index (χ1) is 28.3. The summed E-state index contributed by atoms with van der Waals surface area (Å²) in [4.78, 5) is 4.57. The maximum absolute atomic E-state index is 6.08.